The fourth-order valence-corrected chi connectivity index (χ4v) is 14.9. The van der Waals surface area contributed by atoms with E-state index < -0.39 is 0 Å². The average Bonchev–Trinajstić information content (AvgIpc) is 4.33. The second-order valence-electron chi connectivity index (χ2n) is 20.9. The van der Waals surface area contributed by atoms with E-state index in [1.807, 2.05) is 0 Å². The van der Waals surface area contributed by atoms with Crippen LogP contribution in [-0.2, 0) is 0 Å². The van der Waals surface area contributed by atoms with Crippen molar-refractivity contribution in [3.05, 3.63) is 259 Å². The van der Waals surface area contributed by atoms with E-state index in [1.54, 1.807) is 11.3 Å². The molecule has 7 heteroatoms. The van der Waals surface area contributed by atoms with Gasteiger partial charge >= 0.3 is 0 Å². The Hall–Kier alpha value is -10.7. The number of thiophene rings is 1. The van der Waals surface area contributed by atoms with Crippen molar-refractivity contribution >= 4 is 135 Å². The summed E-state index contributed by atoms with van der Waals surface area (Å²) in [5, 5.41) is 25.9. The lowest BCUT2D eigenvalue weighted by Crippen LogP contribution is -2.14. The lowest BCUT2D eigenvalue weighted by molar-refractivity contribution is 1.04. The first-order chi connectivity index (χ1) is 39.6. The molecule has 0 aliphatic carbocycles. The summed E-state index contributed by atoms with van der Waals surface area (Å²) in [6.07, 6.45) is 0. The van der Waals surface area contributed by atoms with Crippen LogP contribution in [-0.4, -0.2) is 18.3 Å². The molecule has 5 heterocycles. The van der Waals surface area contributed by atoms with Crippen LogP contribution in [0.4, 0.5) is 5.69 Å². The number of aryl methyl sites for hydroxylation is 1. The summed E-state index contributed by atoms with van der Waals surface area (Å²) in [5.74, 6) is 0. The van der Waals surface area contributed by atoms with E-state index in [-0.39, 0.29) is 0 Å². The van der Waals surface area contributed by atoms with Crippen molar-refractivity contribution in [2.45, 2.75) is 6.92 Å². The Morgan fingerprint density at radius 1 is 0.388 bits per heavy atom. The number of fused-ring (bicyclic) bond motifs is 17. The molecule has 17 aromatic rings. The Balaban J connectivity index is 1.21. The molecule has 0 fully saturated rings. The molecule has 370 valence electrons. The molecule has 0 atom stereocenters. The van der Waals surface area contributed by atoms with Gasteiger partial charge in [-0.25, -0.2) is 4.85 Å². The number of rotatable bonds is 5. The lowest BCUT2D eigenvalue weighted by atomic mass is 9.93. The highest BCUT2D eigenvalue weighted by atomic mass is 32.1. The summed E-state index contributed by atoms with van der Waals surface area (Å²) in [7, 11) is 0. The molecule has 0 amide bonds. The zero-order chi connectivity index (χ0) is 52.9. The predicted molar refractivity (Wildman–Crippen MR) is 335 cm³/mol. The number of nitrogens with zero attached hydrogens (tertiary/aromatic N) is 6. The SMILES string of the molecule is [C-]#[N+]c1c(-n2c3ccccc3c3ccccc32)c(C#N)c(-n2c3ccccc3c3ccccc32)c(-n2c3cc(-c4c(C)ccc5ccccc45)ccc3c3ccc4c5ccccc5sc4c32)c1-n1c2ccccc2c2ccccc21. The van der Waals surface area contributed by atoms with Gasteiger partial charge in [-0.2, -0.15) is 5.26 Å². The Kier molecular flexibility index (Phi) is 9.25. The van der Waals surface area contributed by atoms with Gasteiger partial charge in [0.05, 0.1) is 83.7 Å². The molecule has 6 nitrogen and oxygen atoms in total. The molecule has 0 saturated carbocycles. The Morgan fingerprint density at radius 2 is 0.825 bits per heavy atom. The Labute approximate surface area is 462 Å². The van der Waals surface area contributed by atoms with Crippen LogP contribution in [0.2, 0.25) is 0 Å². The van der Waals surface area contributed by atoms with Gasteiger partial charge in [-0.05, 0) is 82.9 Å². The van der Waals surface area contributed by atoms with Crippen LogP contribution >= 0.6 is 11.3 Å². The van der Waals surface area contributed by atoms with Crippen molar-refractivity contribution in [2.75, 3.05) is 0 Å². The van der Waals surface area contributed by atoms with Crippen molar-refractivity contribution in [1.29, 1.82) is 5.26 Å². The van der Waals surface area contributed by atoms with E-state index in [2.05, 4.69) is 268 Å². The molecule has 0 aliphatic rings. The molecule has 17 rings (SSSR count). The second kappa shape index (κ2) is 16.7. The molecule has 0 spiro atoms. The average molecular weight is 1040 g/mol. The van der Waals surface area contributed by atoms with E-state index >= 15 is 0 Å². The van der Waals surface area contributed by atoms with Crippen LogP contribution in [0.15, 0.2) is 237 Å². The van der Waals surface area contributed by atoms with Crippen molar-refractivity contribution in [1.82, 2.24) is 18.3 Å². The molecular weight excluding hydrogens is 993 g/mol. The van der Waals surface area contributed by atoms with Gasteiger partial charge in [-0.1, -0.05) is 188 Å². The zero-order valence-electron chi connectivity index (χ0n) is 43.1. The molecule has 12 aromatic carbocycles. The maximum Gasteiger partial charge on any atom is 0.237 e. The van der Waals surface area contributed by atoms with E-state index in [0.29, 0.717) is 28.3 Å². The highest BCUT2D eigenvalue weighted by molar-refractivity contribution is 7.26. The third-order valence-electron chi connectivity index (χ3n) is 16.9. The molecule has 0 bridgehead atoms. The summed E-state index contributed by atoms with van der Waals surface area (Å²) in [5.41, 5.74) is 14.3. The first-order valence-corrected chi connectivity index (χ1v) is 27.8. The summed E-state index contributed by atoms with van der Waals surface area (Å²) in [6, 6.07) is 87.4. The Morgan fingerprint density at radius 3 is 1.36 bits per heavy atom. The van der Waals surface area contributed by atoms with Crippen LogP contribution < -0.4 is 0 Å². The highest BCUT2D eigenvalue weighted by Gasteiger charge is 2.35. The third kappa shape index (κ3) is 5.88. The van der Waals surface area contributed by atoms with Crippen molar-refractivity contribution < 1.29 is 0 Å². The minimum absolute atomic E-state index is 0.360. The van der Waals surface area contributed by atoms with Crippen LogP contribution in [0.1, 0.15) is 11.1 Å². The fraction of sp³-hybridized carbons (Fsp3) is 0.0137. The van der Waals surface area contributed by atoms with Gasteiger partial charge in [0, 0.05) is 58.6 Å². The minimum Gasteiger partial charge on any atom is -0.318 e. The molecule has 0 unspecified atom stereocenters. The van der Waals surface area contributed by atoms with Gasteiger partial charge in [0.25, 0.3) is 0 Å². The van der Waals surface area contributed by atoms with Crippen LogP contribution in [0.3, 0.4) is 0 Å². The van der Waals surface area contributed by atoms with Gasteiger partial charge in [0.1, 0.15) is 6.07 Å². The van der Waals surface area contributed by atoms with Crippen molar-refractivity contribution in [3.8, 4) is 39.9 Å². The number of benzene rings is 12. The molecule has 0 radical (unpaired) electrons. The lowest BCUT2D eigenvalue weighted by Gasteiger charge is -2.27. The maximum atomic E-state index is 12.7. The van der Waals surface area contributed by atoms with Crippen molar-refractivity contribution in [3.63, 3.8) is 0 Å². The van der Waals surface area contributed by atoms with Crippen LogP contribution in [0.25, 0.3) is 157 Å². The normalized spacial score (nSPS) is 12.0. The molecule has 0 saturated heterocycles. The monoisotopic (exact) mass is 1030 g/mol. The van der Waals surface area contributed by atoms with E-state index in [4.69, 9.17) is 4.85 Å². The van der Waals surface area contributed by atoms with E-state index in [0.717, 1.165) is 109 Å². The predicted octanol–water partition coefficient (Wildman–Crippen LogP) is 20.0. The Bertz CT molecular complexity index is 5350. The zero-order valence-corrected chi connectivity index (χ0v) is 43.9. The summed E-state index contributed by atoms with van der Waals surface area (Å²) in [4.78, 5) is 4.84. The number of nitriles is 1. The number of para-hydroxylation sites is 6. The second-order valence-corrected chi connectivity index (χ2v) is 22.0. The van der Waals surface area contributed by atoms with Gasteiger partial charge in [-0.15, -0.1) is 11.3 Å². The minimum atomic E-state index is 0.360. The number of hydrogen-bond donors (Lipinski definition) is 0. The number of aromatic nitrogens is 4. The topological polar surface area (TPSA) is 47.9 Å². The third-order valence-corrected chi connectivity index (χ3v) is 18.1. The summed E-state index contributed by atoms with van der Waals surface area (Å²) < 4.78 is 11.7. The molecule has 0 N–H and O–H groups in total. The van der Waals surface area contributed by atoms with Gasteiger partial charge in [0.15, 0.2) is 0 Å². The largest absolute Gasteiger partial charge is 0.318 e. The quantitative estimate of drug-likeness (QED) is 0.158. The summed E-state index contributed by atoms with van der Waals surface area (Å²) >= 11 is 1.80. The highest BCUT2D eigenvalue weighted by Crippen LogP contribution is 2.53. The van der Waals surface area contributed by atoms with E-state index in [9.17, 15) is 11.8 Å². The van der Waals surface area contributed by atoms with Gasteiger partial charge < -0.3 is 18.3 Å². The van der Waals surface area contributed by atoms with E-state index in [1.165, 1.54) is 32.0 Å². The van der Waals surface area contributed by atoms with Gasteiger partial charge in [0.2, 0.25) is 5.69 Å². The fourth-order valence-electron chi connectivity index (χ4n) is 13.7. The van der Waals surface area contributed by atoms with Crippen LogP contribution in [0, 0.1) is 24.8 Å². The molecular formula is C73H42N6S. The molecule has 80 heavy (non-hydrogen) atoms. The van der Waals surface area contributed by atoms with Crippen molar-refractivity contribution in [2.24, 2.45) is 0 Å². The smallest absolute Gasteiger partial charge is 0.237 e. The van der Waals surface area contributed by atoms with Crippen LogP contribution in [0.5, 0.6) is 0 Å². The molecule has 5 aromatic heterocycles. The summed E-state index contributed by atoms with van der Waals surface area (Å²) in [6.45, 7) is 12.1. The first-order valence-electron chi connectivity index (χ1n) is 26.9. The molecule has 0 aliphatic heterocycles. The standard InChI is InChI=1S/C73H42N6S/c1-43-35-36-44-19-3-4-20-46(44)66(43)45-37-38-53-55-39-40-56-54-27-11-18-34-65(54)80-73(56)70(55)79(64(53)41-45)72-69(77-60-30-14-7-23-49(60)50-24-8-15-31-61(50)77)57(42-74)68(76-58-28-12-5-21-47(58)48-22-6-13-29-59(48)76)67(75-2)71(72)78-62-32-16-9-25-51(62)52-26-10-17-33-63(52)78/h3-41H,1H3. The maximum absolute atomic E-state index is 12.7. The first kappa shape index (κ1) is 44.4. The number of hydrogen-bond acceptors (Lipinski definition) is 2. The van der Waals surface area contributed by atoms with Gasteiger partial charge in [-0.3, -0.25) is 0 Å².